The second-order valence-electron chi connectivity index (χ2n) is 5.23. The summed E-state index contributed by atoms with van der Waals surface area (Å²) in [6.07, 6.45) is 3.63. The number of benzene rings is 2. The second-order valence-corrected chi connectivity index (χ2v) is 5.23. The van der Waals surface area contributed by atoms with Gasteiger partial charge < -0.3 is 9.84 Å². The number of hydrogen-bond donors (Lipinski definition) is 1. The number of ether oxygens (including phenoxy) is 1. The lowest BCUT2D eigenvalue weighted by molar-refractivity contribution is 0.306. The molecule has 2 aromatic rings. The lowest BCUT2D eigenvalue weighted by Crippen LogP contribution is -1.96. The van der Waals surface area contributed by atoms with Gasteiger partial charge >= 0.3 is 0 Å². The van der Waals surface area contributed by atoms with Crippen molar-refractivity contribution in [2.24, 2.45) is 0 Å². The zero-order chi connectivity index (χ0) is 14.5. The third-order valence-corrected chi connectivity index (χ3v) is 3.74. The van der Waals surface area contributed by atoms with Crippen LogP contribution in [0.1, 0.15) is 28.7 Å². The van der Waals surface area contributed by atoms with Crippen molar-refractivity contribution in [3.8, 4) is 17.6 Å². The summed E-state index contributed by atoms with van der Waals surface area (Å²) in [4.78, 5) is 0. The third-order valence-electron chi connectivity index (χ3n) is 3.74. The quantitative estimate of drug-likeness (QED) is 0.874. The number of rotatable bonds is 3. The molecule has 0 radical (unpaired) electrons. The minimum Gasteiger partial charge on any atom is -0.489 e. The maximum Gasteiger partial charge on any atom is 0.120 e. The fourth-order valence-electron chi connectivity index (χ4n) is 2.63. The van der Waals surface area contributed by atoms with Crippen molar-refractivity contribution in [3.63, 3.8) is 0 Å². The monoisotopic (exact) mass is 278 g/mol. The van der Waals surface area contributed by atoms with Gasteiger partial charge in [-0.1, -0.05) is 30.0 Å². The van der Waals surface area contributed by atoms with E-state index < -0.39 is 0 Å². The van der Waals surface area contributed by atoms with Gasteiger partial charge in [-0.25, -0.2) is 0 Å². The molecule has 0 heterocycles. The van der Waals surface area contributed by atoms with Gasteiger partial charge in [-0.3, -0.25) is 0 Å². The Kier molecular flexibility index (Phi) is 4.23. The molecule has 0 saturated carbocycles. The van der Waals surface area contributed by atoms with E-state index >= 15 is 0 Å². The molecule has 1 aliphatic carbocycles. The van der Waals surface area contributed by atoms with Crippen LogP contribution in [-0.2, 0) is 19.4 Å². The summed E-state index contributed by atoms with van der Waals surface area (Å²) in [5.74, 6) is 6.47. The predicted molar refractivity (Wildman–Crippen MR) is 83.2 cm³/mol. The molecule has 0 saturated heterocycles. The zero-order valence-electron chi connectivity index (χ0n) is 11.9. The number of aryl methyl sites for hydroxylation is 2. The minimum atomic E-state index is -0.108. The van der Waals surface area contributed by atoms with E-state index in [4.69, 9.17) is 9.84 Å². The SMILES string of the molecule is OCC#Cc1ccc(COc2ccc3c(c2)CCC3)cc1. The van der Waals surface area contributed by atoms with Crippen molar-refractivity contribution in [1.29, 1.82) is 0 Å². The summed E-state index contributed by atoms with van der Waals surface area (Å²) in [5, 5.41) is 8.67. The first kappa shape index (κ1) is 13.7. The second kappa shape index (κ2) is 6.47. The van der Waals surface area contributed by atoms with Crippen LogP contribution < -0.4 is 4.74 Å². The maximum absolute atomic E-state index is 8.67. The molecule has 3 rings (SSSR count). The molecular weight excluding hydrogens is 260 g/mol. The van der Waals surface area contributed by atoms with Gasteiger partial charge in [0.2, 0.25) is 0 Å². The molecule has 0 aromatic heterocycles. The molecule has 0 aliphatic heterocycles. The first-order chi connectivity index (χ1) is 10.3. The van der Waals surface area contributed by atoms with Gasteiger partial charge in [0.15, 0.2) is 0 Å². The van der Waals surface area contributed by atoms with Crippen LogP contribution in [0.15, 0.2) is 42.5 Å². The Morgan fingerprint density at radius 2 is 1.81 bits per heavy atom. The highest BCUT2D eigenvalue weighted by molar-refractivity contribution is 5.39. The molecule has 106 valence electrons. The molecular formula is C19H18O2. The number of hydrogen-bond acceptors (Lipinski definition) is 2. The standard InChI is InChI=1S/C19H18O2/c20-12-2-3-15-6-8-16(9-7-15)14-21-19-11-10-17-4-1-5-18(17)13-19/h6-11,13,20H,1,4-5,12,14H2. The predicted octanol–water partition coefficient (Wildman–Crippen LogP) is 3.10. The Morgan fingerprint density at radius 1 is 1.00 bits per heavy atom. The average Bonchev–Trinajstić information content (AvgIpc) is 2.99. The van der Waals surface area contributed by atoms with E-state index in [-0.39, 0.29) is 6.61 Å². The molecule has 0 atom stereocenters. The molecule has 0 bridgehead atoms. The van der Waals surface area contributed by atoms with E-state index in [0.717, 1.165) is 16.9 Å². The normalized spacial score (nSPS) is 12.4. The third kappa shape index (κ3) is 3.45. The van der Waals surface area contributed by atoms with Gasteiger partial charge in [0.25, 0.3) is 0 Å². The first-order valence-corrected chi connectivity index (χ1v) is 7.28. The van der Waals surface area contributed by atoms with Crippen molar-refractivity contribution in [1.82, 2.24) is 0 Å². The largest absolute Gasteiger partial charge is 0.489 e. The molecule has 1 N–H and O–H groups in total. The van der Waals surface area contributed by atoms with Gasteiger partial charge in [0.1, 0.15) is 19.0 Å². The van der Waals surface area contributed by atoms with E-state index in [1.807, 2.05) is 24.3 Å². The fraction of sp³-hybridized carbons (Fsp3) is 0.263. The van der Waals surface area contributed by atoms with Crippen molar-refractivity contribution < 1.29 is 9.84 Å². The summed E-state index contributed by atoms with van der Waals surface area (Å²) in [5.41, 5.74) is 4.92. The van der Waals surface area contributed by atoms with E-state index in [9.17, 15) is 0 Å². The summed E-state index contributed by atoms with van der Waals surface area (Å²) >= 11 is 0. The Labute approximate surface area is 125 Å². The van der Waals surface area contributed by atoms with Crippen LogP contribution in [0.25, 0.3) is 0 Å². The van der Waals surface area contributed by atoms with E-state index in [1.165, 1.54) is 30.4 Å². The highest BCUT2D eigenvalue weighted by Crippen LogP contribution is 2.26. The molecule has 21 heavy (non-hydrogen) atoms. The molecule has 0 fully saturated rings. The summed E-state index contributed by atoms with van der Waals surface area (Å²) in [7, 11) is 0. The average molecular weight is 278 g/mol. The summed E-state index contributed by atoms with van der Waals surface area (Å²) in [6.45, 7) is 0.454. The zero-order valence-corrected chi connectivity index (χ0v) is 11.9. The highest BCUT2D eigenvalue weighted by atomic mass is 16.5. The van der Waals surface area contributed by atoms with Gasteiger partial charge in [0.05, 0.1) is 0 Å². The van der Waals surface area contributed by atoms with Crippen LogP contribution in [0, 0.1) is 11.8 Å². The van der Waals surface area contributed by atoms with Crippen LogP contribution in [0.5, 0.6) is 5.75 Å². The first-order valence-electron chi connectivity index (χ1n) is 7.28. The fourth-order valence-corrected chi connectivity index (χ4v) is 2.63. The summed E-state index contributed by atoms with van der Waals surface area (Å²) < 4.78 is 5.86. The van der Waals surface area contributed by atoms with Crippen LogP contribution in [-0.4, -0.2) is 11.7 Å². The molecule has 0 spiro atoms. The Hall–Kier alpha value is -2.24. The Morgan fingerprint density at radius 3 is 2.62 bits per heavy atom. The lowest BCUT2D eigenvalue weighted by Gasteiger charge is -2.08. The van der Waals surface area contributed by atoms with Crippen molar-refractivity contribution in [3.05, 3.63) is 64.7 Å². The number of aliphatic hydroxyl groups is 1. The van der Waals surface area contributed by atoms with Crippen molar-refractivity contribution >= 4 is 0 Å². The van der Waals surface area contributed by atoms with E-state index in [2.05, 4.69) is 30.0 Å². The smallest absolute Gasteiger partial charge is 0.120 e. The van der Waals surface area contributed by atoms with Crippen LogP contribution in [0.2, 0.25) is 0 Å². The molecule has 2 nitrogen and oxygen atoms in total. The van der Waals surface area contributed by atoms with Gasteiger partial charge in [0, 0.05) is 5.56 Å². The van der Waals surface area contributed by atoms with Gasteiger partial charge in [-0.05, 0) is 60.2 Å². The summed E-state index contributed by atoms with van der Waals surface area (Å²) in [6, 6.07) is 14.3. The molecule has 0 unspecified atom stereocenters. The van der Waals surface area contributed by atoms with Crippen LogP contribution in [0.4, 0.5) is 0 Å². The van der Waals surface area contributed by atoms with Gasteiger partial charge in [-0.15, -0.1) is 0 Å². The lowest BCUT2D eigenvalue weighted by atomic mass is 10.1. The topological polar surface area (TPSA) is 29.5 Å². The molecule has 1 aliphatic rings. The molecule has 2 aromatic carbocycles. The van der Waals surface area contributed by atoms with Crippen molar-refractivity contribution in [2.75, 3.05) is 6.61 Å². The highest BCUT2D eigenvalue weighted by Gasteiger charge is 2.11. The van der Waals surface area contributed by atoms with E-state index in [1.54, 1.807) is 0 Å². The van der Waals surface area contributed by atoms with Crippen LogP contribution >= 0.6 is 0 Å². The Bertz CT molecular complexity index is 675. The molecule has 2 heteroatoms. The van der Waals surface area contributed by atoms with Gasteiger partial charge in [-0.2, -0.15) is 0 Å². The Balaban J connectivity index is 1.62. The van der Waals surface area contributed by atoms with Crippen molar-refractivity contribution in [2.45, 2.75) is 25.9 Å². The maximum atomic E-state index is 8.67. The number of fused-ring (bicyclic) bond motifs is 1. The van der Waals surface area contributed by atoms with Crippen LogP contribution in [0.3, 0.4) is 0 Å². The molecule has 0 amide bonds. The number of aliphatic hydroxyl groups excluding tert-OH is 1. The van der Waals surface area contributed by atoms with E-state index in [0.29, 0.717) is 6.61 Å². The minimum absolute atomic E-state index is 0.108.